The molecule has 0 aliphatic heterocycles. The summed E-state index contributed by atoms with van der Waals surface area (Å²) in [5, 5.41) is 3.07. The number of hydrogen-bond donors (Lipinski definition) is 2. The monoisotopic (exact) mass is 275 g/mol. The van der Waals surface area contributed by atoms with E-state index < -0.39 is 0 Å². The van der Waals surface area contributed by atoms with Crippen molar-refractivity contribution in [1.29, 1.82) is 0 Å². The van der Waals surface area contributed by atoms with Crippen LogP contribution in [0.2, 0.25) is 0 Å². The fourth-order valence-corrected chi connectivity index (χ4v) is 3.10. The summed E-state index contributed by atoms with van der Waals surface area (Å²) in [6, 6.07) is 3.87. The van der Waals surface area contributed by atoms with Gasteiger partial charge in [0.15, 0.2) is 0 Å². The number of aromatic nitrogens is 1. The number of pyridine rings is 1. The molecule has 2 rings (SSSR count). The third kappa shape index (κ3) is 3.79. The van der Waals surface area contributed by atoms with E-state index in [2.05, 4.69) is 10.3 Å². The van der Waals surface area contributed by atoms with E-state index in [0.29, 0.717) is 13.0 Å². The molecule has 0 unspecified atom stereocenters. The second-order valence-corrected chi connectivity index (χ2v) is 6.02. The minimum absolute atomic E-state index is 0.00499. The Balaban J connectivity index is 1.91. The molecule has 0 radical (unpaired) electrons. The lowest BCUT2D eigenvalue weighted by molar-refractivity contribution is -0.124. The molecule has 1 aromatic heterocycles. The molecule has 1 aliphatic rings. The minimum atomic E-state index is -0.00499. The third-order valence-electron chi connectivity index (χ3n) is 4.44. The van der Waals surface area contributed by atoms with Crippen LogP contribution in [0.5, 0.6) is 0 Å². The molecule has 1 saturated carbocycles. The zero-order chi connectivity index (χ0) is 14.4. The van der Waals surface area contributed by atoms with Gasteiger partial charge in [-0.15, -0.1) is 0 Å². The predicted octanol–water partition coefficient (Wildman–Crippen LogP) is 2.56. The Morgan fingerprint density at radius 2 is 2.20 bits per heavy atom. The fourth-order valence-electron chi connectivity index (χ4n) is 3.10. The van der Waals surface area contributed by atoms with Crippen LogP contribution in [0.3, 0.4) is 0 Å². The maximum absolute atomic E-state index is 12.3. The van der Waals surface area contributed by atoms with Gasteiger partial charge in [-0.25, -0.2) is 0 Å². The van der Waals surface area contributed by atoms with Crippen LogP contribution >= 0.6 is 0 Å². The molecule has 110 valence electrons. The first-order valence-electron chi connectivity index (χ1n) is 7.55. The second-order valence-electron chi connectivity index (χ2n) is 6.02. The Morgan fingerprint density at radius 1 is 1.45 bits per heavy atom. The highest BCUT2D eigenvalue weighted by Gasteiger charge is 2.33. The summed E-state index contributed by atoms with van der Waals surface area (Å²) >= 11 is 0. The first-order chi connectivity index (χ1) is 9.65. The van der Waals surface area contributed by atoms with E-state index in [0.717, 1.165) is 18.4 Å². The van der Waals surface area contributed by atoms with Crippen molar-refractivity contribution in [3.05, 3.63) is 30.1 Å². The Kier molecular flexibility index (Phi) is 5.12. The highest BCUT2D eigenvalue weighted by atomic mass is 16.1. The quantitative estimate of drug-likeness (QED) is 0.867. The van der Waals surface area contributed by atoms with Crippen molar-refractivity contribution in [2.75, 3.05) is 6.54 Å². The van der Waals surface area contributed by atoms with Crippen LogP contribution in [-0.2, 0) is 4.79 Å². The normalized spacial score (nSPS) is 19.3. The number of carbonyl (C=O) groups excluding carboxylic acids is 1. The molecule has 0 bridgehead atoms. The molecular weight excluding hydrogens is 250 g/mol. The zero-order valence-corrected chi connectivity index (χ0v) is 12.3. The average molecular weight is 275 g/mol. The maximum Gasteiger partial charge on any atom is 0.221 e. The number of carbonyl (C=O) groups is 1. The van der Waals surface area contributed by atoms with Crippen LogP contribution < -0.4 is 11.1 Å². The summed E-state index contributed by atoms with van der Waals surface area (Å²) in [5.41, 5.74) is 7.00. The van der Waals surface area contributed by atoms with E-state index in [-0.39, 0.29) is 17.4 Å². The summed E-state index contributed by atoms with van der Waals surface area (Å²) in [5.74, 6) is 0.105. The van der Waals surface area contributed by atoms with Crippen molar-refractivity contribution < 1.29 is 4.79 Å². The van der Waals surface area contributed by atoms with Gasteiger partial charge in [-0.3, -0.25) is 9.78 Å². The lowest BCUT2D eigenvalue weighted by atomic mass is 9.71. The molecule has 1 amide bonds. The number of rotatable bonds is 5. The molecule has 4 nitrogen and oxygen atoms in total. The van der Waals surface area contributed by atoms with Gasteiger partial charge in [0.1, 0.15) is 0 Å². The SMILES string of the molecule is C[C@@H](NC(=O)CC1(CN)CCCCC1)c1cccnc1. The van der Waals surface area contributed by atoms with Gasteiger partial charge in [-0.1, -0.05) is 25.3 Å². The van der Waals surface area contributed by atoms with Gasteiger partial charge in [-0.2, -0.15) is 0 Å². The summed E-state index contributed by atoms with van der Waals surface area (Å²) in [6.45, 7) is 2.60. The smallest absolute Gasteiger partial charge is 0.221 e. The van der Waals surface area contributed by atoms with Crippen molar-refractivity contribution >= 4 is 5.91 Å². The molecule has 0 spiro atoms. The number of hydrogen-bond acceptors (Lipinski definition) is 3. The van der Waals surface area contributed by atoms with Gasteiger partial charge in [0.25, 0.3) is 0 Å². The molecule has 0 aromatic carbocycles. The number of nitrogens with one attached hydrogen (secondary N) is 1. The summed E-state index contributed by atoms with van der Waals surface area (Å²) < 4.78 is 0. The van der Waals surface area contributed by atoms with Crippen LogP contribution in [0.4, 0.5) is 0 Å². The molecule has 20 heavy (non-hydrogen) atoms. The van der Waals surface area contributed by atoms with Crippen molar-refractivity contribution in [2.45, 2.75) is 51.5 Å². The van der Waals surface area contributed by atoms with Gasteiger partial charge < -0.3 is 11.1 Å². The summed E-state index contributed by atoms with van der Waals surface area (Å²) in [4.78, 5) is 16.4. The molecule has 1 atom stereocenters. The fraction of sp³-hybridized carbons (Fsp3) is 0.625. The van der Waals surface area contributed by atoms with Crippen LogP contribution in [0.1, 0.15) is 57.1 Å². The van der Waals surface area contributed by atoms with Crippen molar-refractivity contribution in [1.82, 2.24) is 10.3 Å². The predicted molar refractivity (Wildman–Crippen MR) is 80.0 cm³/mol. The minimum Gasteiger partial charge on any atom is -0.350 e. The van der Waals surface area contributed by atoms with E-state index >= 15 is 0 Å². The van der Waals surface area contributed by atoms with Crippen LogP contribution in [0.15, 0.2) is 24.5 Å². The van der Waals surface area contributed by atoms with Crippen molar-refractivity contribution in [3.63, 3.8) is 0 Å². The van der Waals surface area contributed by atoms with E-state index in [4.69, 9.17) is 5.73 Å². The topological polar surface area (TPSA) is 68.0 Å². The van der Waals surface area contributed by atoms with Gasteiger partial charge in [0.2, 0.25) is 5.91 Å². The Labute approximate surface area is 121 Å². The second kappa shape index (κ2) is 6.84. The van der Waals surface area contributed by atoms with Gasteiger partial charge in [-0.05, 0) is 43.4 Å². The summed E-state index contributed by atoms with van der Waals surface area (Å²) in [6.07, 6.45) is 9.92. The van der Waals surface area contributed by atoms with Crippen molar-refractivity contribution in [3.8, 4) is 0 Å². The first-order valence-corrected chi connectivity index (χ1v) is 7.55. The van der Waals surface area contributed by atoms with E-state index in [9.17, 15) is 4.79 Å². The van der Waals surface area contributed by atoms with Gasteiger partial charge in [0.05, 0.1) is 6.04 Å². The van der Waals surface area contributed by atoms with Gasteiger partial charge in [0, 0.05) is 18.8 Å². The molecular formula is C16H25N3O. The van der Waals surface area contributed by atoms with Gasteiger partial charge >= 0.3 is 0 Å². The lowest BCUT2D eigenvalue weighted by Gasteiger charge is -2.36. The van der Waals surface area contributed by atoms with Crippen molar-refractivity contribution in [2.24, 2.45) is 11.1 Å². The Morgan fingerprint density at radius 3 is 2.80 bits per heavy atom. The first kappa shape index (κ1) is 15.0. The van der Waals surface area contributed by atoms with Crippen LogP contribution in [0.25, 0.3) is 0 Å². The van der Waals surface area contributed by atoms with E-state index in [1.165, 1.54) is 19.3 Å². The Bertz CT molecular complexity index is 427. The lowest BCUT2D eigenvalue weighted by Crippen LogP contribution is -2.39. The van der Waals surface area contributed by atoms with Crippen LogP contribution in [0, 0.1) is 5.41 Å². The Hall–Kier alpha value is -1.42. The zero-order valence-electron chi connectivity index (χ0n) is 12.3. The molecule has 0 saturated heterocycles. The average Bonchev–Trinajstić information content (AvgIpc) is 2.49. The van der Waals surface area contributed by atoms with Crippen LogP contribution in [-0.4, -0.2) is 17.4 Å². The highest BCUT2D eigenvalue weighted by Crippen LogP contribution is 2.38. The molecule has 1 heterocycles. The molecule has 3 N–H and O–H groups in total. The maximum atomic E-state index is 12.3. The largest absolute Gasteiger partial charge is 0.350 e. The molecule has 1 aliphatic carbocycles. The van der Waals surface area contributed by atoms with E-state index in [1.807, 2.05) is 19.1 Å². The highest BCUT2D eigenvalue weighted by molar-refractivity contribution is 5.77. The molecule has 4 heteroatoms. The number of nitrogens with two attached hydrogens (primary N) is 1. The molecule has 1 fully saturated rings. The molecule has 1 aromatic rings. The third-order valence-corrected chi connectivity index (χ3v) is 4.44. The number of nitrogens with zero attached hydrogens (tertiary/aromatic N) is 1. The van der Waals surface area contributed by atoms with E-state index in [1.54, 1.807) is 12.4 Å². The standard InChI is InChI=1S/C16H25N3O/c1-13(14-6-5-9-18-11-14)19-15(20)10-16(12-17)7-3-2-4-8-16/h5-6,9,11,13H,2-4,7-8,10,12,17H2,1H3,(H,19,20)/t13-/m1/s1. The number of amides is 1. The summed E-state index contributed by atoms with van der Waals surface area (Å²) in [7, 11) is 0.